The first-order valence-corrected chi connectivity index (χ1v) is 4.33. The number of carbonyl (C=O) groups excluding carboxylic acids is 2. The predicted octanol–water partition coefficient (Wildman–Crippen LogP) is -1.37. The summed E-state index contributed by atoms with van der Waals surface area (Å²) < 4.78 is 0. The van der Waals surface area contributed by atoms with Crippen molar-refractivity contribution in [3.05, 3.63) is 12.7 Å². The SMILES string of the molecule is C=CCN(CCO)C(=O)C(=O)NCC#N. The van der Waals surface area contributed by atoms with Gasteiger partial charge in [-0.05, 0) is 0 Å². The fourth-order valence-electron chi connectivity index (χ4n) is 0.891. The van der Waals surface area contributed by atoms with Gasteiger partial charge in [-0.1, -0.05) is 6.08 Å². The molecule has 6 nitrogen and oxygen atoms in total. The van der Waals surface area contributed by atoms with Crippen molar-refractivity contribution in [3.63, 3.8) is 0 Å². The van der Waals surface area contributed by atoms with Crippen LogP contribution in [0.4, 0.5) is 0 Å². The molecule has 0 aromatic rings. The normalized spacial score (nSPS) is 8.80. The van der Waals surface area contributed by atoms with Gasteiger partial charge in [-0.15, -0.1) is 6.58 Å². The second-order valence-electron chi connectivity index (χ2n) is 2.60. The van der Waals surface area contributed by atoms with Crippen LogP contribution in [0.5, 0.6) is 0 Å². The minimum absolute atomic E-state index is 0.0603. The summed E-state index contributed by atoms with van der Waals surface area (Å²) in [5.41, 5.74) is 0. The van der Waals surface area contributed by atoms with Crippen LogP contribution in [0.1, 0.15) is 0 Å². The van der Waals surface area contributed by atoms with Gasteiger partial charge < -0.3 is 15.3 Å². The van der Waals surface area contributed by atoms with Crippen LogP contribution in [0.15, 0.2) is 12.7 Å². The molecule has 0 rings (SSSR count). The maximum atomic E-state index is 11.4. The molecular weight excluding hydrogens is 198 g/mol. The van der Waals surface area contributed by atoms with E-state index in [9.17, 15) is 9.59 Å². The molecule has 0 heterocycles. The van der Waals surface area contributed by atoms with Gasteiger partial charge in [-0.2, -0.15) is 5.26 Å². The standard InChI is InChI=1S/C9H13N3O3/c1-2-5-12(6-7-13)9(15)8(14)11-4-3-10/h2,13H,1,4-7H2,(H,11,14). The molecule has 0 aliphatic rings. The third-order valence-corrected chi connectivity index (χ3v) is 1.53. The van der Waals surface area contributed by atoms with Gasteiger partial charge >= 0.3 is 11.8 Å². The molecule has 0 aliphatic carbocycles. The molecule has 0 bridgehead atoms. The monoisotopic (exact) mass is 211 g/mol. The molecule has 0 atom stereocenters. The Morgan fingerprint density at radius 3 is 2.73 bits per heavy atom. The third-order valence-electron chi connectivity index (χ3n) is 1.53. The van der Waals surface area contributed by atoms with Crippen molar-refractivity contribution in [2.24, 2.45) is 0 Å². The summed E-state index contributed by atoms with van der Waals surface area (Å²) >= 11 is 0. The molecule has 6 heteroatoms. The maximum absolute atomic E-state index is 11.4. The van der Waals surface area contributed by atoms with Crippen molar-refractivity contribution >= 4 is 11.8 Å². The van der Waals surface area contributed by atoms with Gasteiger partial charge in [0.25, 0.3) is 0 Å². The highest BCUT2D eigenvalue weighted by molar-refractivity contribution is 6.35. The van der Waals surface area contributed by atoms with Gasteiger partial charge in [-0.25, -0.2) is 0 Å². The molecule has 2 amide bonds. The van der Waals surface area contributed by atoms with E-state index in [4.69, 9.17) is 10.4 Å². The summed E-state index contributed by atoms with van der Waals surface area (Å²) in [4.78, 5) is 23.6. The molecule has 0 aromatic carbocycles. The average molecular weight is 211 g/mol. The van der Waals surface area contributed by atoms with Gasteiger partial charge in [0.15, 0.2) is 0 Å². The van der Waals surface area contributed by atoms with E-state index >= 15 is 0 Å². The van der Waals surface area contributed by atoms with E-state index in [0.29, 0.717) is 0 Å². The second-order valence-corrected chi connectivity index (χ2v) is 2.60. The van der Waals surface area contributed by atoms with Crippen LogP contribution in [0.25, 0.3) is 0 Å². The first-order chi connectivity index (χ1) is 7.17. The van der Waals surface area contributed by atoms with E-state index in [1.165, 1.54) is 6.08 Å². The second kappa shape index (κ2) is 7.53. The number of nitrogens with one attached hydrogen (secondary N) is 1. The zero-order chi connectivity index (χ0) is 11.7. The molecule has 0 saturated carbocycles. The third kappa shape index (κ3) is 4.78. The molecule has 2 N–H and O–H groups in total. The van der Waals surface area contributed by atoms with Crippen LogP contribution in [0.3, 0.4) is 0 Å². The Morgan fingerprint density at radius 1 is 1.60 bits per heavy atom. The van der Waals surface area contributed by atoms with Gasteiger partial charge in [0.05, 0.1) is 12.7 Å². The Balaban J connectivity index is 4.29. The molecule has 0 saturated heterocycles. The molecule has 0 unspecified atom stereocenters. The Kier molecular flexibility index (Phi) is 6.59. The Morgan fingerprint density at radius 2 is 2.27 bits per heavy atom. The Hall–Kier alpha value is -1.87. The van der Waals surface area contributed by atoms with E-state index in [-0.39, 0.29) is 26.2 Å². The summed E-state index contributed by atoms with van der Waals surface area (Å²) in [5.74, 6) is -1.63. The van der Waals surface area contributed by atoms with Crippen molar-refractivity contribution in [1.29, 1.82) is 5.26 Å². The number of hydrogen-bond acceptors (Lipinski definition) is 4. The number of rotatable bonds is 5. The van der Waals surface area contributed by atoms with Gasteiger partial charge in [0, 0.05) is 13.1 Å². The van der Waals surface area contributed by atoms with E-state index in [1.54, 1.807) is 6.07 Å². The number of aliphatic hydroxyl groups excluding tert-OH is 1. The van der Waals surface area contributed by atoms with Crippen LogP contribution in [-0.2, 0) is 9.59 Å². The lowest BCUT2D eigenvalue weighted by molar-refractivity contribution is -0.145. The summed E-state index contributed by atoms with van der Waals surface area (Å²) in [6, 6.07) is 1.68. The van der Waals surface area contributed by atoms with Gasteiger partial charge in [-0.3, -0.25) is 9.59 Å². The van der Waals surface area contributed by atoms with Crippen molar-refractivity contribution in [1.82, 2.24) is 10.2 Å². The number of nitrogens with zero attached hydrogens (tertiary/aromatic N) is 2. The molecule has 0 aliphatic heterocycles. The maximum Gasteiger partial charge on any atom is 0.312 e. The largest absolute Gasteiger partial charge is 0.395 e. The van der Waals surface area contributed by atoms with Crippen molar-refractivity contribution in [3.8, 4) is 6.07 Å². The lowest BCUT2D eigenvalue weighted by Crippen LogP contribution is -2.44. The number of nitriles is 1. The van der Waals surface area contributed by atoms with E-state index in [0.717, 1.165) is 4.90 Å². The zero-order valence-electron chi connectivity index (χ0n) is 8.27. The molecule has 15 heavy (non-hydrogen) atoms. The molecule has 0 aromatic heterocycles. The minimum Gasteiger partial charge on any atom is -0.395 e. The molecule has 0 spiro atoms. The fourth-order valence-corrected chi connectivity index (χ4v) is 0.891. The van der Waals surface area contributed by atoms with Crippen molar-refractivity contribution in [2.75, 3.05) is 26.2 Å². The minimum atomic E-state index is -0.855. The highest BCUT2D eigenvalue weighted by atomic mass is 16.3. The molecular formula is C9H13N3O3. The highest BCUT2D eigenvalue weighted by Gasteiger charge is 2.19. The van der Waals surface area contributed by atoms with Crippen molar-refractivity contribution in [2.45, 2.75) is 0 Å². The van der Waals surface area contributed by atoms with Crippen LogP contribution in [0, 0.1) is 11.3 Å². The van der Waals surface area contributed by atoms with Gasteiger partial charge in [0.1, 0.15) is 6.54 Å². The number of amides is 2. The number of aliphatic hydroxyl groups is 1. The lowest BCUT2D eigenvalue weighted by atomic mass is 10.4. The average Bonchev–Trinajstić information content (AvgIpc) is 2.24. The summed E-state index contributed by atoms with van der Waals surface area (Å²) in [7, 11) is 0. The van der Waals surface area contributed by atoms with Crippen LogP contribution >= 0.6 is 0 Å². The highest BCUT2D eigenvalue weighted by Crippen LogP contribution is 1.90. The van der Waals surface area contributed by atoms with Crippen LogP contribution in [-0.4, -0.2) is 48.1 Å². The molecule has 0 radical (unpaired) electrons. The van der Waals surface area contributed by atoms with E-state index in [1.807, 2.05) is 0 Å². The predicted molar refractivity (Wildman–Crippen MR) is 52.5 cm³/mol. The lowest BCUT2D eigenvalue weighted by Gasteiger charge is -2.18. The van der Waals surface area contributed by atoms with Crippen LogP contribution in [0.2, 0.25) is 0 Å². The number of hydrogen-bond donors (Lipinski definition) is 2. The van der Waals surface area contributed by atoms with Crippen LogP contribution < -0.4 is 5.32 Å². The summed E-state index contributed by atoms with van der Waals surface area (Å²) in [6.07, 6.45) is 1.45. The summed E-state index contributed by atoms with van der Waals surface area (Å²) in [5, 5.41) is 19.0. The van der Waals surface area contributed by atoms with Crippen molar-refractivity contribution < 1.29 is 14.7 Å². The first kappa shape index (κ1) is 13.1. The number of carbonyl (C=O) groups is 2. The van der Waals surface area contributed by atoms with Gasteiger partial charge in [0.2, 0.25) is 0 Å². The topological polar surface area (TPSA) is 93.4 Å². The quantitative estimate of drug-likeness (QED) is 0.333. The first-order valence-electron chi connectivity index (χ1n) is 4.33. The zero-order valence-corrected chi connectivity index (χ0v) is 8.27. The van der Waals surface area contributed by atoms with E-state index in [2.05, 4.69) is 11.9 Å². The summed E-state index contributed by atoms with van der Waals surface area (Å²) in [6.45, 7) is 3.22. The Labute approximate surface area is 87.8 Å². The fraction of sp³-hybridized carbons (Fsp3) is 0.444. The smallest absolute Gasteiger partial charge is 0.312 e. The van der Waals surface area contributed by atoms with E-state index < -0.39 is 11.8 Å². The molecule has 82 valence electrons. The Bertz CT molecular complexity index is 283. The molecule has 0 fully saturated rings.